The number of nitrogens with zero attached hydrogens (tertiary/aromatic N) is 1. The minimum atomic E-state index is 0. The van der Waals surface area contributed by atoms with Crippen molar-refractivity contribution >= 4 is 18.2 Å². The van der Waals surface area contributed by atoms with E-state index in [2.05, 4.69) is 4.90 Å². The van der Waals surface area contributed by atoms with E-state index in [1.165, 1.54) is 0 Å². The van der Waals surface area contributed by atoms with Crippen LogP contribution in [0.15, 0.2) is 24.3 Å². The normalized spacial score (nSPS) is 15.1. The number of ether oxygens (including phenoxy) is 2. The van der Waals surface area contributed by atoms with E-state index in [0.29, 0.717) is 18.6 Å². The van der Waals surface area contributed by atoms with E-state index in [9.17, 15) is 4.79 Å². The zero-order valence-corrected chi connectivity index (χ0v) is 14.1. The van der Waals surface area contributed by atoms with Gasteiger partial charge in [-0.25, -0.2) is 0 Å². The van der Waals surface area contributed by atoms with Crippen LogP contribution in [0, 0.1) is 0 Å². The smallest absolute Gasteiger partial charge is 0.166 e. The Kier molecular flexibility index (Phi) is 9.13. The third kappa shape index (κ3) is 5.95. The Labute approximate surface area is 139 Å². The van der Waals surface area contributed by atoms with Gasteiger partial charge in [0, 0.05) is 19.5 Å². The molecule has 0 N–H and O–H groups in total. The van der Waals surface area contributed by atoms with Crippen molar-refractivity contribution in [2.45, 2.75) is 26.2 Å². The van der Waals surface area contributed by atoms with E-state index < -0.39 is 0 Å². The highest BCUT2D eigenvalue weighted by Gasteiger charge is 2.11. The van der Waals surface area contributed by atoms with Gasteiger partial charge in [-0.3, -0.25) is 9.69 Å². The van der Waals surface area contributed by atoms with E-state index >= 15 is 0 Å². The van der Waals surface area contributed by atoms with Gasteiger partial charge in [-0.1, -0.05) is 19.1 Å². The molecule has 124 valence electrons. The molecule has 4 nitrogen and oxygen atoms in total. The Morgan fingerprint density at radius 3 is 2.68 bits per heavy atom. The molecule has 0 bridgehead atoms. The van der Waals surface area contributed by atoms with Gasteiger partial charge in [-0.2, -0.15) is 0 Å². The number of unbranched alkanes of at least 4 members (excludes halogenated alkanes) is 1. The Hall–Kier alpha value is -1.10. The first kappa shape index (κ1) is 18.9. The van der Waals surface area contributed by atoms with Gasteiger partial charge in [0.2, 0.25) is 0 Å². The summed E-state index contributed by atoms with van der Waals surface area (Å²) >= 11 is 0. The van der Waals surface area contributed by atoms with Gasteiger partial charge in [0.25, 0.3) is 0 Å². The summed E-state index contributed by atoms with van der Waals surface area (Å²) in [4.78, 5) is 14.3. The Morgan fingerprint density at radius 2 is 1.95 bits per heavy atom. The summed E-state index contributed by atoms with van der Waals surface area (Å²) in [5.41, 5.74) is 0.702. The van der Waals surface area contributed by atoms with Crippen molar-refractivity contribution in [3.8, 4) is 5.75 Å². The number of morpholine rings is 1. The number of carbonyl (C=O) groups is 1. The van der Waals surface area contributed by atoms with Crippen molar-refractivity contribution in [1.82, 2.24) is 4.90 Å². The van der Waals surface area contributed by atoms with Crippen LogP contribution in [-0.2, 0) is 4.74 Å². The minimum absolute atomic E-state index is 0. The molecule has 0 amide bonds. The van der Waals surface area contributed by atoms with Crippen molar-refractivity contribution in [2.24, 2.45) is 0 Å². The number of hydrogen-bond donors (Lipinski definition) is 0. The van der Waals surface area contributed by atoms with Gasteiger partial charge in [0.05, 0.1) is 25.4 Å². The van der Waals surface area contributed by atoms with Gasteiger partial charge in [0.1, 0.15) is 5.75 Å². The van der Waals surface area contributed by atoms with Crippen molar-refractivity contribution in [1.29, 1.82) is 0 Å². The summed E-state index contributed by atoms with van der Waals surface area (Å²) in [7, 11) is 0. The van der Waals surface area contributed by atoms with Crippen LogP contribution in [0.2, 0.25) is 0 Å². The molecule has 5 heteroatoms. The molecule has 1 aliphatic rings. The average molecular weight is 328 g/mol. The van der Waals surface area contributed by atoms with Crippen molar-refractivity contribution in [2.75, 3.05) is 39.5 Å². The largest absolute Gasteiger partial charge is 0.493 e. The number of para-hydroxylation sites is 1. The number of carbonyl (C=O) groups excluding carboxylic acids is 1. The minimum Gasteiger partial charge on any atom is -0.493 e. The summed E-state index contributed by atoms with van der Waals surface area (Å²) in [6.07, 6.45) is 2.63. The van der Waals surface area contributed by atoms with Crippen LogP contribution in [0.1, 0.15) is 36.5 Å². The molecule has 22 heavy (non-hydrogen) atoms. The highest BCUT2D eigenvalue weighted by molar-refractivity contribution is 5.98. The first-order valence-corrected chi connectivity index (χ1v) is 7.86. The third-order valence-corrected chi connectivity index (χ3v) is 3.74. The maximum Gasteiger partial charge on any atom is 0.166 e. The fourth-order valence-electron chi connectivity index (χ4n) is 2.46. The summed E-state index contributed by atoms with van der Waals surface area (Å²) < 4.78 is 11.1. The third-order valence-electron chi connectivity index (χ3n) is 3.74. The molecule has 1 aliphatic heterocycles. The molecule has 1 fully saturated rings. The average Bonchev–Trinajstić information content (AvgIpc) is 2.55. The predicted octanol–water partition coefficient (Wildman–Crippen LogP) is 3.19. The van der Waals surface area contributed by atoms with Crippen LogP contribution in [-0.4, -0.2) is 50.1 Å². The molecule has 0 aromatic heterocycles. The van der Waals surface area contributed by atoms with Crippen LogP contribution in [0.5, 0.6) is 5.75 Å². The Bertz CT molecular complexity index is 447. The topological polar surface area (TPSA) is 38.8 Å². The number of rotatable bonds is 8. The molecule has 1 heterocycles. The quantitative estimate of drug-likeness (QED) is 0.543. The maximum absolute atomic E-state index is 11.8. The van der Waals surface area contributed by atoms with Gasteiger partial charge in [-0.15, -0.1) is 12.4 Å². The lowest BCUT2D eigenvalue weighted by Gasteiger charge is -2.26. The molecule has 0 aliphatic carbocycles. The van der Waals surface area contributed by atoms with Crippen molar-refractivity contribution in [3.63, 3.8) is 0 Å². The lowest BCUT2D eigenvalue weighted by Crippen LogP contribution is -2.36. The zero-order valence-electron chi connectivity index (χ0n) is 13.3. The lowest BCUT2D eigenvalue weighted by atomic mass is 10.1. The first-order valence-electron chi connectivity index (χ1n) is 7.86. The summed E-state index contributed by atoms with van der Waals surface area (Å²) in [5, 5.41) is 0. The molecule has 0 unspecified atom stereocenters. The predicted molar refractivity (Wildman–Crippen MR) is 90.3 cm³/mol. The lowest BCUT2D eigenvalue weighted by molar-refractivity contribution is 0.0368. The van der Waals surface area contributed by atoms with Gasteiger partial charge >= 0.3 is 0 Å². The second-order valence-electron chi connectivity index (χ2n) is 5.28. The van der Waals surface area contributed by atoms with Crippen LogP contribution in [0.4, 0.5) is 0 Å². The number of hydrogen-bond acceptors (Lipinski definition) is 4. The summed E-state index contributed by atoms with van der Waals surface area (Å²) in [6, 6.07) is 7.52. The highest BCUT2D eigenvalue weighted by atomic mass is 35.5. The first-order chi connectivity index (χ1) is 10.3. The second-order valence-corrected chi connectivity index (χ2v) is 5.28. The molecule has 1 saturated heterocycles. The standard InChI is InChI=1S/C17H25NO3.ClH/c1-2-16(19)15-7-3-4-8-17(15)21-12-6-5-9-18-10-13-20-14-11-18;/h3-4,7-8H,2,5-6,9-14H2,1H3;1H. The Balaban J connectivity index is 0.00000242. The molecular weight excluding hydrogens is 302 g/mol. The highest BCUT2D eigenvalue weighted by Crippen LogP contribution is 2.19. The van der Waals surface area contributed by atoms with E-state index in [1.54, 1.807) is 0 Å². The van der Waals surface area contributed by atoms with E-state index in [-0.39, 0.29) is 18.2 Å². The molecule has 1 aromatic rings. The Morgan fingerprint density at radius 1 is 1.23 bits per heavy atom. The molecule has 1 aromatic carbocycles. The maximum atomic E-state index is 11.8. The molecular formula is C17H26ClNO3. The van der Waals surface area contributed by atoms with Crippen LogP contribution < -0.4 is 4.74 Å². The molecule has 0 saturated carbocycles. The van der Waals surface area contributed by atoms with Crippen LogP contribution >= 0.6 is 12.4 Å². The number of ketones is 1. The molecule has 0 radical (unpaired) electrons. The fourth-order valence-corrected chi connectivity index (χ4v) is 2.46. The van der Waals surface area contributed by atoms with Gasteiger partial charge in [0.15, 0.2) is 5.78 Å². The van der Waals surface area contributed by atoms with Gasteiger partial charge < -0.3 is 9.47 Å². The molecule has 0 spiro atoms. The van der Waals surface area contributed by atoms with Crippen LogP contribution in [0.3, 0.4) is 0 Å². The van der Waals surface area contributed by atoms with Crippen molar-refractivity contribution in [3.05, 3.63) is 29.8 Å². The fraction of sp³-hybridized carbons (Fsp3) is 0.588. The SMILES string of the molecule is CCC(=O)c1ccccc1OCCCCN1CCOCC1.Cl. The summed E-state index contributed by atoms with van der Waals surface area (Å²) in [5.74, 6) is 0.856. The number of Topliss-reactive ketones (excluding diaryl/α,β-unsaturated/α-hetero) is 1. The monoisotopic (exact) mass is 327 g/mol. The zero-order chi connectivity index (χ0) is 14.9. The summed E-state index contributed by atoms with van der Waals surface area (Å²) in [6.45, 7) is 7.41. The number of halogens is 1. The molecule has 2 rings (SSSR count). The van der Waals surface area contributed by atoms with E-state index in [4.69, 9.17) is 9.47 Å². The van der Waals surface area contributed by atoms with Crippen molar-refractivity contribution < 1.29 is 14.3 Å². The molecule has 0 atom stereocenters. The van der Waals surface area contributed by atoms with E-state index in [1.807, 2.05) is 31.2 Å². The number of benzene rings is 1. The van der Waals surface area contributed by atoms with Gasteiger partial charge in [-0.05, 0) is 31.5 Å². The van der Waals surface area contributed by atoms with Crippen LogP contribution in [0.25, 0.3) is 0 Å². The second kappa shape index (κ2) is 10.6. The van der Waals surface area contributed by atoms with E-state index in [0.717, 1.165) is 51.4 Å².